The molecule has 3 rings (SSSR count). The SMILES string of the molecule is CN(C)C(=O)Nc1cccc(OC(=O)NC(C)(C)C)c1.COc1ccc(NC(=O)N(C)C)cc1Cl.Cc1ccc(NC(=O)N(C)C)cc1Cl. The molecule has 0 bridgehead atoms. The number of aryl methyl sites for hydroxylation is 1. The van der Waals surface area contributed by atoms with Crippen molar-refractivity contribution in [2.45, 2.75) is 33.2 Å². The maximum atomic E-state index is 11.6. The van der Waals surface area contributed by atoms with Gasteiger partial charge in [-0.3, -0.25) is 0 Å². The molecule has 0 aliphatic carbocycles. The van der Waals surface area contributed by atoms with E-state index >= 15 is 0 Å². The summed E-state index contributed by atoms with van der Waals surface area (Å²) in [6.07, 6.45) is -0.534. The molecule has 0 aromatic heterocycles. The Morgan fingerprint density at radius 1 is 0.653 bits per heavy atom. The zero-order chi connectivity index (χ0) is 37.5. The second-order valence-corrected chi connectivity index (χ2v) is 12.9. The number of amides is 7. The van der Waals surface area contributed by atoms with Gasteiger partial charge in [0.2, 0.25) is 0 Å². The highest BCUT2D eigenvalue weighted by molar-refractivity contribution is 6.32. The normalized spacial score (nSPS) is 10.1. The van der Waals surface area contributed by atoms with Crippen LogP contribution < -0.4 is 30.7 Å². The standard InChI is InChI=1S/C14H21N3O3.C10H13ClN2O2.C10H13ClN2O/c1-14(2,3)16-13(19)20-11-8-6-7-10(9-11)15-12(18)17(4)5;1-13(2)10(14)12-7-4-5-9(15-3)8(11)6-7;1-7-4-5-8(6-9(7)11)12-10(14)13(2)3/h6-9H,1-5H3,(H,15,18)(H,16,19);4-6H,1-3H3,(H,12,14);4-6H,1-3H3,(H,12,14). The van der Waals surface area contributed by atoms with Gasteiger partial charge in [0.15, 0.2) is 0 Å². The minimum absolute atomic E-state index is 0.162. The molecule has 15 heteroatoms. The Bertz CT molecular complexity index is 1580. The van der Waals surface area contributed by atoms with Gasteiger partial charge in [-0.1, -0.05) is 35.3 Å². The zero-order valence-electron chi connectivity index (χ0n) is 29.8. The number of nitrogens with zero attached hydrogens (tertiary/aromatic N) is 3. The molecule has 0 fully saturated rings. The summed E-state index contributed by atoms with van der Waals surface area (Å²) in [6.45, 7) is 7.51. The van der Waals surface area contributed by atoms with Crippen molar-refractivity contribution in [1.82, 2.24) is 20.0 Å². The molecule has 4 N–H and O–H groups in total. The molecule has 3 aromatic rings. The number of benzene rings is 3. The maximum absolute atomic E-state index is 11.6. The van der Waals surface area contributed by atoms with E-state index in [2.05, 4.69) is 21.3 Å². The molecular formula is C34H47Cl2N7O6. The number of methoxy groups -OCH3 is 1. The van der Waals surface area contributed by atoms with Gasteiger partial charge in [0.1, 0.15) is 11.5 Å². The van der Waals surface area contributed by atoms with Crippen molar-refractivity contribution < 1.29 is 28.7 Å². The summed E-state index contributed by atoms with van der Waals surface area (Å²) in [7, 11) is 11.5. The van der Waals surface area contributed by atoms with Crippen LogP contribution in [-0.4, -0.2) is 93.8 Å². The van der Waals surface area contributed by atoms with Crippen LogP contribution in [0, 0.1) is 6.92 Å². The zero-order valence-corrected chi connectivity index (χ0v) is 31.3. The Balaban J connectivity index is 0.000000375. The molecule has 0 radical (unpaired) electrons. The van der Waals surface area contributed by atoms with E-state index in [1.807, 2.05) is 39.8 Å². The first-order valence-corrected chi connectivity index (χ1v) is 15.6. The van der Waals surface area contributed by atoms with Crippen LogP contribution in [0.1, 0.15) is 26.3 Å². The van der Waals surface area contributed by atoms with Crippen LogP contribution in [-0.2, 0) is 0 Å². The fourth-order valence-electron chi connectivity index (χ4n) is 3.20. The lowest BCUT2D eigenvalue weighted by atomic mass is 10.1. The van der Waals surface area contributed by atoms with Crippen LogP contribution in [0.5, 0.6) is 11.5 Å². The molecule has 0 heterocycles. The largest absolute Gasteiger partial charge is 0.495 e. The molecule has 49 heavy (non-hydrogen) atoms. The van der Waals surface area contributed by atoms with Gasteiger partial charge in [-0.15, -0.1) is 0 Å². The third kappa shape index (κ3) is 16.7. The molecule has 0 spiro atoms. The van der Waals surface area contributed by atoms with Crippen molar-refractivity contribution >= 4 is 64.5 Å². The first-order valence-electron chi connectivity index (χ1n) is 14.9. The minimum Gasteiger partial charge on any atom is -0.495 e. The summed E-state index contributed by atoms with van der Waals surface area (Å²) in [5, 5.41) is 11.9. The summed E-state index contributed by atoms with van der Waals surface area (Å²) in [5.41, 5.74) is 2.53. The second-order valence-electron chi connectivity index (χ2n) is 12.1. The van der Waals surface area contributed by atoms with E-state index in [0.29, 0.717) is 38.6 Å². The predicted octanol–water partition coefficient (Wildman–Crippen LogP) is 7.85. The van der Waals surface area contributed by atoms with Crippen molar-refractivity contribution in [2.75, 3.05) is 65.3 Å². The van der Waals surface area contributed by atoms with Crippen LogP contribution in [0.2, 0.25) is 10.0 Å². The van der Waals surface area contributed by atoms with Gasteiger partial charge in [-0.25, -0.2) is 19.2 Å². The third-order valence-electron chi connectivity index (χ3n) is 5.82. The molecule has 0 aliphatic heterocycles. The quantitative estimate of drug-likeness (QED) is 0.211. The van der Waals surface area contributed by atoms with Crippen LogP contribution in [0.15, 0.2) is 60.7 Å². The van der Waals surface area contributed by atoms with Gasteiger partial charge < -0.3 is 45.4 Å². The number of carbonyl (C=O) groups is 4. The number of hydrogen-bond acceptors (Lipinski definition) is 6. The predicted molar refractivity (Wildman–Crippen MR) is 198 cm³/mol. The van der Waals surface area contributed by atoms with Crippen LogP contribution in [0.4, 0.5) is 36.2 Å². The Labute approximate surface area is 298 Å². The third-order valence-corrected chi connectivity index (χ3v) is 6.52. The van der Waals surface area contributed by atoms with Crippen molar-refractivity contribution in [3.63, 3.8) is 0 Å². The van der Waals surface area contributed by atoms with E-state index in [1.165, 1.54) is 14.7 Å². The van der Waals surface area contributed by atoms with Gasteiger partial charge in [0.05, 0.1) is 12.1 Å². The van der Waals surface area contributed by atoms with Crippen molar-refractivity contribution in [3.8, 4) is 11.5 Å². The number of ether oxygens (including phenoxy) is 2. The van der Waals surface area contributed by atoms with Gasteiger partial charge in [-0.05, 0) is 75.7 Å². The van der Waals surface area contributed by atoms with E-state index in [-0.39, 0.29) is 23.6 Å². The molecule has 0 saturated heterocycles. The first-order chi connectivity index (χ1) is 22.7. The lowest BCUT2D eigenvalue weighted by Gasteiger charge is -2.20. The lowest BCUT2D eigenvalue weighted by Crippen LogP contribution is -2.42. The smallest absolute Gasteiger partial charge is 0.413 e. The number of carbonyl (C=O) groups excluding carboxylic acids is 4. The number of halogens is 2. The van der Waals surface area contributed by atoms with E-state index in [4.69, 9.17) is 32.7 Å². The summed E-state index contributed by atoms with van der Waals surface area (Å²) < 4.78 is 10.2. The molecule has 0 aliphatic rings. The summed E-state index contributed by atoms with van der Waals surface area (Å²) in [6, 6.07) is 16.5. The van der Waals surface area contributed by atoms with E-state index in [0.717, 1.165) is 5.56 Å². The monoisotopic (exact) mass is 719 g/mol. The molecule has 13 nitrogen and oxygen atoms in total. The van der Waals surface area contributed by atoms with Crippen molar-refractivity contribution in [3.05, 3.63) is 76.3 Å². The Morgan fingerprint density at radius 3 is 1.51 bits per heavy atom. The minimum atomic E-state index is -0.534. The highest BCUT2D eigenvalue weighted by Gasteiger charge is 2.15. The Kier molecular flexibility index (Phi) is 17.0. The van der Waals surface area contributed by atoms with Crippen molar-refractivity contribution in [2.24, 2.45) is 0 Å². The van der Waals surface area contributed by atoms with Gasteiger partial charge in [0.25, 0.3) is 0 Å². The van der Waals surface area contributed by atoms with E-state index in [9.17, 15) is 19.2 Å². The van der Waals surface area contributed by atoms with Crippen LogP contribution >= 0.6 is 23.2 Å². The average Bonchev–Trinajstić information content (AvgIpc) is 2.98. The number of hydrogen-bond donors (Lipinski definition) is 4. The topological polar surface area (TPSA) is 145 Å². The van der Waals surface area contributed by atoms with E-state index < -0.39 is 6.09 Å². The molecule has 0 atom stereocenters. The summed E-state index contributed by atoms with van der Waals surface area (Å²) in [5.74, 6) is 0.947. The molecule has 0 saturated carbocycles. The van der Waals surface area contributed by atoms with Crippen LogP contribution in [0.25, 0.3) is 0 Å². The van der Waals surface area contributed by atoms with Gasteiger partial charge >= 0.3 is 24.2 Å². The Hall–Kier alpha value is -4.88. The van der Waals surface area contributed by atoms with Crippen LogP contribution in [0.3, 0.4) is 0 Å². The molecule has 3 aromatic carbocycles. The lowest BCUT2D eigenvalue weighted by molar-refractivity contribution is 0.190. The summed E-state index contributed by atoms with van der Waals surface area (Å²) in [4.78, 5) is 50.1. The maximum Gasteiger partial charge on any atom is 0.413 e. The summed E-state index contributed by atoms with van der Waals surface area (Å²) >= 11 is 11.8. The first kappa shape index (κ1) is 42.1. The van der Waals surface area contributed by atoms with E-state index in [1.54, 1.807) is 97.9 Å². The Morgan fingerprint density at radius 2 is 1.10 bits per heavy atom. The fourth-order valence-corrected chi connectivity index (χ4v) is 3.63. The number of nitrogens with one attached hydrogen (secondary N) is 4. The highest BCUT2D eigenvalue weighted by atomic mass is 35.5. The number of rotatable bonds is 5. The molecular weight excluding hydrogens is 673 g/mol. The average molecular weight is 721 g/mol. The molecule has 268 valence electrons. The number of urea groups is 3. The molecule has 7 amide bonds. The fraction of sp³-hybridized carbons (Fsp3) is 0.353. The second kappa shape index (κ2) is 19.8. The highest BCUT2D eigenvalue weighted by Crippen LogP contribution is 2.27. The van der Waals surface area contributed by atoms with Gasteiger partial charge in [-0.2, -0.15) is 0 Å². The molecule has 0 unspecified atom stereocenters. The van der Waals surface area contributed by atoms with Crippen molar-refractivity contribution in [1.29, 1.82) is 0 Å². The number of anilines is 3. The van der Waals surface area contributed by atoms with Gasteiger partial charge in [0, 0.05) is 76.0 Å².